The molecule has 0 atom stereocenters. The van der Waals surface area contributed by atoms with E-state index in [1.54, 1.807) is 0 Å². The van der Waals surface area contributed by atoms with Gasteiger partial charge in [-0.25, -0.2) is 0 Å². The summed E-state index contributed by atoms with van der Waals surface area (Å²) in [5.41, 5.74) is 0. The van der Waals surface area contributed by atoms with Crippen LogP contribution in [0.3, 0.4) is 0 Å². The fourth-order valence-electron chi connectivity index (χ4n) is 0. The minimum atomic E-state index is 0. The molecule has 0 aromatic rings. The monoisotopic (exact) mass is 444 g/mol. The van der Waals surface area contributed by atoms with Crippen molar-refractivity contribution in [2.75, 3.05) is 0 Å². The molecule has 0 spiro atoms. The fraction of sp³-hybridized carbons (Fsp3) is 0. The molecule has 0 aromatic heterocycles. The third-order valence-electron chi connectivity index (χ3n) is 0. The van der Waals surface area contributed by atoms with Crippen LogP contribution in [-0.2, 0) is 0 Å². The molecule has 0 saturated heterocycles. The average Bonchev–Trinajstić information content (AvgIpc) is 0. The van der Waals surface area contributed by atoms with Crippen LogP contribution < -0.4 is 0 Å². The number of rotatable bonds is 0. The van der Waals surface area contributed by atoms with E-state index in [1.165, 1.54) is 0 Å². The summed E-state index contributed by atoms with van der Waals surface area (Å²) in [7, 11) is 0. The molecule has 0 heterocycles. The van der Waals surface area contributed by atoms with Crippen LogP contribution in [0.1, 0.15) is 0 Å². The second-order valence-corrected chi connectivity index (χ2v) is 0. The van der Waals surface area contributed by atoms with Crippen LogP contribution in [0.4, 0.5) is 0 Å². The van der Waals surface area contributed by atoms with Crippen LogP contribution in [0.25, 0.3) is 0 Å². The summed E-state index contributed by atoms with van der Waals surface area (Å²) in [5, 5.41) is 0. The third kappa shape index (κ3) is 8.90. The van der Waals surface area contributed by atoms with Crippen molar-refractivity contribution in [2.24, 2.45) is 0 Å². The molecular weight excluding hydrogens is 428 g/mol. The quantitative estimate of drug-likeness (QED) is 0.330. The predicted octanol–water partition coefficient (Wildman–Crippen LogP) is -5.27. The van der Waals surface area contributed by atoms with E-state index in [2.05, 4.69) is 0 Å². The molecule has 4 heteroatoms. The van der Waals surface area contributed by atoms with Gasteiger partial charge in [0, 0.05) is 0 Å². The Morgan fingerprint density at radius 2 is 1.00 bits per heavy atom. The van der Waals surface area contributed by atoms with Gasteiger partial charge in [0.25, 0.3) is 0 Å². The molecule has 4 heavy (non-hydrogen) atoms. The zero-order chi connectivity index (χ0) is 0. The molecule has 0 amide bonds. The van der Waals surface area contributed by atoms with Crippen LogP contribution in [0, 0.1) is 0 Å². The van der Waals surface area contributed by atoms with Crippen molar-refractivity contribution >= 4 is 91.8 Å². The second-order valence-electron chi connectivity index (χ2n) is 0. The summed E-state index contributed by atoms with van der Waals surface area (Å²) in [6, 6.07) is 0. The van der Waals surface area contributed by atoms with Gasteiger partial charge < -0.3 is 0 Å². The first-order chi connectivity index (χ1) is 0. The Hall–Kier alpha value is 3.03. The minimum absolute atomic E-state index is 0. The van der Waals surface area contributed by atoms with Crippen molar-refractivity contribution in [3.63, 3.8) is 0 Å². The van der Waals surface area contributed by atoms with E-state index in [0.717, 1.165) is 0 Å². The summed E-state index contributed by atoms with van der Waals surface area (Å²) in [4.78, 5) is 0. The SMILES string of the molecule is [GeH4].[InH3].[SbH3].[SnH4]. The molecule has 0 radical (unpaired) electrons. The Labute approximate surface area is 90.0 Å². The topological polar surface area (TPSA) is 0 Å². The molecule has 0 unspecified atom stereocenters. The van der Waals surface area contributed by atoms with Gasteiger partial charge in [-0.2, -0.15) is 0 Å². The van der Waals surface area contributed by atoms with E-state index in [-0.39, 0.29) is 91.8 Å². The van der Waals surface area contributed by atoms with E-state index >= 15 is 0 Å². The van der Waals surface area contributed by atoms with E-state index in [4.69, 9.17) is 0 Å². The van der Waals surface area contributed by atoms with Gasteiger partial charge in [0.05, 0.1) is 0 Å². The van der Waals surface area contributed by atoms with Crippen LogP contribution in [0.15, 0.2) is 0 Å². The van der Waals surface area contributed by atoms with Crippen molar-refractivity contribution in [2.45, 2.75) is 0 Å². The Morgan fingerprint density at radius 3 is 1.00 bits per heavy atom. The second kappa shape index (κ2) is 16.6. The molecule has 0 bridgehead atoms. The maximum absolute atomic E-state index is 0. The molecule has 30 valence electrons. The summed E-state index contributed by atoms with van der Waals surface area (Å²) < 4.78 is 0. The van der Waals surface area contributed by atoms with E-state index in [9.17, 15) is 0 Å². The zero-order valence-corrected chi connectivity index (χ0v) is 4.74. The Morgan fingerprint density at radius 1 is 1.00 bits per heavy atom. The Balaban J connectivity index is 0. The van der Waals surface area contributed by atoms with Crippen molar-refractivity contribution in [1.29, 1.82) is 0 Å². The number of hydrogen-bond donors (Lipinski definition) is 0. The van der Waals surface area contributed by atoms with E-state index in [0.29, 0.717) is 0 Å². The van der Waals surface area contributed by atoms with Gasteiger partial charge in [-0.05, 0) is 0 Å². The van der Waals surface area contributed by atoms with Crippen LogP contribution >= 0.6 is 0 Å². The van der Waals surface area contributed by atoms with Crippen LogP contribution in [0.5, 0.6) is 0 Å². The van der Waals surface area contributed by atoms with Gasteiger partial charge in [0.2, 0.25) is 0 Å². The molecular formula is H14GeInSbSn. The predicted molar refractivity (Wildman–Crippen MR) is 42.5 cm³/mol. The van der Waals surface area contributed by atoms with E-state index in [1.807, 2.05) is 0 Å². The van der Waals surface area contributed by atoms with Gasteiger partial charge in [0.15, 0.2) is 0 Å². The summed E-state index contributed by atoms with van der Waals surface area (Å²) in [5.74, 6) is 0. The molecule has 0 aliphatic rings. The zero-order valence-electron chi connectivity index (χ0n) is 0.707. The maximum atomic E-state index is 0. The standard InChI is InChI=1S/GeH4.In.Sb.Sn.10H/h1H4;;;;;;;;;;;;;. The van der Waals surface area contributed by atoms with Crippen molar-refractivity contribution in [1.82, 2.24) is 0 Å². The fourth-order valence-corrected chi connectivity index (χ4v) is 0. The molecule has 0 rings (SSSR count). The normalized spacial score (nSPS) is 0. The molecule has 0 N–H and O–H groups in total. The number of hydrogen-bond acceptors (Lipinski definition) is 0. The van der Waals surface area contributed by atoms with Crippen molar-refractivity contribution in [3.05, 3.63) is 0 Å². The summed E-state index contributed by atoms with van der Waals surface area (Å²) in [6.07, 6.45) is 0. The first-order valence-corrected chi connectivity index (χ1v) is 0. The molecule has 0 aliphatic heterocycles. The van der Waals surface area contributed by atoms with Crippen molar-refractivity contribution in [3.8, 4) is 0 Å². The van der Waals surface area contributed by atoms with Gasteiger partial charge >= 0.3 is 91.8 Å². The molecule has 0 saturated carbocycles. The molecule has 0 fully saturated rings. The van der Waals surface area contributed by atoms with Crippen LogP contribution in [-0.4, -0.2) is 91.8 Å². The van der Waals surface area contributed by atoms with Crippen LogP contribution in [0.2, 0.25) is 0 Å². The van der Waals surface area contributed by atoms with Gasteiger partial charge in [-0.15, -0.1) is 0 Å². The first kappa shape index (κ1) is 27.8. The first-order valence-electron chi connectivity index (χ1n) is 0. The van der Waals surface area contributed by atoms with E-state index < -0.39 is 0 Å². The summed E-state index contributed by atoms with van der Waals surface area (Å²) in [6.45, 7) is 0. The molecule has 0 nitrogen and oxygen atoms in total. The molecule has 0 aliphatic carbocycles. The van der Waals surface area contributed by atoms with Gasteiger partial charge in [-0.3, -0.25) is 0 Å². The van der Waals surface area contributed by atoms with Gasteiger partial charge in [0.1, 0.15) is 0 Å². The van der Waals surface area contributed by atoms with Crippen molar-refractivity contribution < 1.29 is 0 Å². The molecule has 0 aromatic carbocycles. The third-order valence-corrected chi connectivity index (χ3v) is 0. The van der Waals surface area contributed by atoms with Gasteiger partial charge in [-0.1, -0.05) is 0 Å². The Bertz CT molecular complexity index is 8.00. The summed E-state index contributed by atoms with van der Waals surface area (Å²) >= 11 is 0. The average molecular weight is 442 g/mol. The Kier molecular flexibility index (Phi) is 116.